The van der Waals surface area contributed by atoms with Gasteiger partial charge in [-0.15, -0.1) is 0 Å². The highest BCUT2D eigenvalue weighted by atomic mass is 16.4. The van der Waals surface area contributed by atoms with Crippen LogP contribution in [0.1, 0.15) is 0 Å². The molecular weight excluding hydrogens is 114 g/mol. The summed E-state index contributed by atoms with van der Waals surface area (Å²) in [4.78, 5) is 0. The Morgan fingerprint density at radius 1 is 1.00 bits per heavy atom. The summed E-state index contributed by atoms with van der Waals surface area (Å²) in [5.74, 6) is 0. The lowest BCUT2D eigenvalue weighted by molar-refractivity contribution is 0.653. The van der Waals surface area contributed by atoms with Crippen molar-refractivity contribution in [1.29, 1.82) is 0 Å². The number of hydrogen-bond acceptors (Lipinski definition) is 4. The molecule has 0 spiro atoms. The number of rotatable bonds is 6. The van der Waals surface area contributed by atoms with E-state index in [1.165, 1.54) is 0 Å². The molecule has 0 saturated carbocycles. The summed E-state index contributed by atoms with van der Waals surface area (Å²) in [6.45, 7) is 0. The predicted octanol–water partition coefficient (Wildman–Crippen LogP) is -4.91. The van der Waals surface area contributed by atoms with Gasteiger partial charge in [-0.1, -0.05) is 0 Å². The summed E-state index contributed by atoms with van der Waals surface area (Å²) in [6.07, 6.45) is 0. The van der Waals surface area contributed by atoms with Gasteiger partial charge in [0.15, 0.2) is 0 Å². The molecule has 4 nitrogen and oxygen atoms in total. The van der Waals surface area contributed by atoms with Crippen molar-refractivity contribution >= 4 is 38.9 Å². The van der Waals surface area contributed by atoms with E-state index < -0.39 is 0 Å². The molecule has 0 aliphatic rings. The first-order chi connectivity index (χ1) is 4.41. The van der Waals surface area contributed by atoms with Gasteiger partial charge in [-0.3, -0.25) is 0 Å². The molecule has 0 rings (SSSR count). The van der Waals surface area contributed by atoms with E-state index >= 15 is 0 Å². The second-order valence-corrected chi connectivity index (χ2v) is 1.54. The molecule has 0 aliphatic carbocycles. The van der Waals surface area contributed by atoms with Gasteiger partial charge >= 0.3 is 15.2 Å². The highest BCUT2D eigenvalue weighted by Gasteiger charge is 1.89. The molecule has 0 atom stereocenters. The van der Waals surface area contributed by atoms with Gasteiger partial charge in [-0.05, 0) is 0 Å². The third-order valence-electron chi connectivity index (χ3n) is 0.743. The Labute approximate surface area is 59.2 Å². The third kappa shape index (κ3) is 8.16. The first-order valence-electron chi connectivity index (χ1n) is 2.81. The van der Waals surface area contributed by atoms with Crippen molar-refractivity contribution in [2.75, 3.05) is 0 Å². The van der Waals surface area contributed by atoms with Crippen LogP contribution in [-0.2, 0) is 9.14 Å². The Balaban J connectivity index is 2.60. The van der Waals surface area contributed by atoms with Gasteiger partial charge < -0.3 is 19.4 Å². The zero-order chi connectivity index (χ0) is 6.95. The molecule has 0 aliphatic heterocycles. The van der Waals surface area contributed by atoms with Crippen molar-refractivity contribution in [3.05, 3.63) is 0 Å². The van der Waals surface area contributed by atoms with E-state index in [1.807, 2.05) is 0 Å². The minimum absolute atomic E-state index is 0.566. The molecule has 0 fully saturated rings. The van der Waals surface area contributed by atoms with Crippen LogP contribution in [0, 0.1) is 0 Å². The van der Waals surface area contributed by atoms with E-state index in [9.17, 15) is 0 Å². The monoisotopic (exact) mass is 124 g/mol. The first kappa shape index (κ1) is 9.16. The molecule has 0 saturated heterocycles. The largest absolute Gasteiger partial charge is 0.494 e. The molecule has 0 heterocycles. The molecular formula is H9B5N2O2. The van der Waals surface area contributed by atoms with Crippen LogP contribution in [0.4, 0.5) is 0 Å². The van der Waals surface area contributed by atoms with Crippen LogP contribution >= 0.6 is 0 Å². The summed E-state index contributed by atoms with van der Waals surface area (Å²) >= 11 is 0. The van der Waals surface area contributed by atoms with Crippen LogP contribution in [0.25, 0.3) is 0 Å². The Bertz CT molecular complexity index is 46.2. The van der Waals surface area contributed by atoms with Crippen molar-refractivity contribution in [3.63, 3.8) is 0 Å². The van der Waals surface area contributed by atoms with Crippen molar-refractivity contribution in [3.8, 4) is 0 Å². The van der Waals surface area contributed by atoms with Crippen LogP contribution in [0.2, 0.25) is 0 Å². The number of hydrogen-bond donors (Lipinski definition) is 2. The quantitative estimate of drug-likeness (QED) is 0.274. The standard InChI is InChI=1S/B5H9N2O2/c1-8-4-6-3-7-5-9-2/h3-7H,1-2H2. The van der Waals surface area contributed by atoms with Gasteiger partial charge in [0, 0.05) is 0 Å². The fourth-order valence-electron chi connectivity index (χ4n) is 0.395. The highest BCUT2D eigenvalue weighted by molar-refractivity contribution is 6.54. The van der Waals surface area contributed by atoms with E-state index in [-0.39, 0.29) is 0 Å². The lowest BCUT2D eigenvalue weighted by atomic mass is 9.98. The maximum Gasteiger partial charge on any atom is 0.334 e. The minimum Gasteiger partial charge on any atom is -0.494 e. The summed E-state index contributed by atoms with van der Waals surface area (Å²) in [5.41, 5.74) is 0. The van der Waals surface area contributed by atoms with Crippen LogP contribution in [0.3, 0.4) is 0 Å². The van der Waals surface area contributed by atoms with E-state index in [4.69, 9.17) is 9.14 Å². The SMILES string of the molecule is BOBNBNBOB. The molecule has 9 heavy (non-hydrogen) atoms. The van der Waals surface area contributed by atoms with Gasteiger partial charge in [0.25, 0.3) is 7.55 Å². The normalized spacial score (nSPS) is 8.44. The fourth-order valence-corrected chi connectivity index (χ4v) is 0.395. The van der Waals surface area contributed by atoms with E-state index in [2.05, 4.69) is 10.3 Å². The second kappa shape index (κ2) is 8.16. The maximum atomic E-state index is 4.73. The molecule has 9 heteroatoms. The van der Waals surface area contributed by atoms with Gasteiger partial charge in [-0.25, -0.2) is 0 Å². The lowest BCUT2D eigenvalue weighted by Gasteiger charge is -1.99. The second-order valence-electron chi connectivity index (χ2n) is 1.54. The fraction of sp³-hybridized carbons (Fsp3) is 0. The third-order valence-corrected chi connectivity index (χ3v) is 0.743. The van der Waals surface area contributed by atoms with Crippen LogP contribution < -0.4 is 10.3 Å². The number of nitrogens with one attached hydrogen (secondary N) is 2. The van der Waals surface area contributed by atoms with Crippen molar-refractivity contribution in [1.82, 2.24) is 10.3 Å². The molecule has 0 aromatic rings. The molecule has 0 aromatic heterocycles. The zero-order valence-electron chi connectivity index (χ0n) is 5.94. The Morgan fingerprint density at radius 2 is 1.44 bits per heavy atom. The topological polar surface area (TPSA) is 42.5 Å². The molecule has 0 amide bonds. The summed E-state index contributed by atoms with van der Waals surface area (Å²) in [7, 11) is 5.13. The molecule has 46 valence electrons. The van der Waals surface area contributed by atoms with Gasteiger partial charge in [-0.2, -0.15) is 0 Å². The Morgan fingerprint density at radius 3 is 1.78 bits per heavy atom. The molecule has 0 unspecified atom stereocenters. The van der Waals surface area contributed by atoms with E-state index in [1.54, 1.807) is 16.1 Å². The molecule has 2 N–H and O–H groups in total. The molecule has 0 radical (unpaired) electrons. The minimum atomic E-state index is 0.566. The first-order valence-corrected chi connectivity index (χ1v) is 2.81. The van der Waals surface area contributed by atoms with Gasteiger partial charge in [0.1, 0.15) is 0 Å². The van der Waals surface area contributed by atoms with Crippen molar-refractivity contribution < 1.29 is 9.14 Å². The Hall–Kier alpha value is 0.165. The highest BCUT2D eigenvalue weighted by Crippen LogP contribution is 1.49. The van der Waals surface area contributed by atoms with Crippen molar-refractivity contribution in [2.24, 2.45) is 0 Å². The summed E-state index contributed by atoms with van der Waals surface area (Å²) < 4.78 is 9.46. The summed E-state index contributed by atoms with van der Waals surface area (Å²) in [5, 5.41) is 5.91. The van der Waals surface area contributed by atoms with Gasteiger partial charge in [0.2, 0.25) is 16.1 Å². The van der Waals surface area contributed by atoms with Crippen LogP contribution in [0.15, 0.2) is 0 Å². The zero-order valence-corrected chi connectivity index (χ0v) is 5.94. The maximum absolute atomic E-state index is 4.73. The van der Waals surface area contributed by atoms with Gasteiger partial charge in [0.05, 0.1) is 0 Å². The average Bonchev–Trinajstić information content (AvgIpc) is 1.89. The van der Waals surface area contributed by atoms with E-state index in [0.29, 0.717) is 22.8 Å². The lowest BCUT2D eigenvalue weighted by Crippen LogP contribution is -2.39. The molecule has 0 bridgehead atoms. The predicted molar refractivity (Wildman–Crippen MR) is 47.0 cm³/mol. The van der Waals surface area contributed by atoms with E-state index in [0.717, 1.165) is 0 Å². The smallest absolute Gasteiger partial charge is 0.334 e. The summed E-state index contributed by atoms with van der Waals surface area (Å²) in [6, 6.07) is 0. The molecule has 0 aromatic carbocycles. The Kier molecular flexibility index (Phi) is 8.31. The average molecular weight is 123 g/mol. The van der Waals surface area contributed by atoms with Crippen molar-refractivity contribution in [2.45, 2.75) is 0 Å². The van der Waals surface area contributed by atoms with Crippen LogP contribution in [0.5, 0.6) is 0 Å². The van der Waals surface area contributed by atoms with Crippen LogP contribution in [-0.4, -0.2) is 38.9 Å².